The minimum absolute atomic E-state index is 0.0350. The molecular weight excluding hydrogens is 408 g/mol. The van der Waals surface area contributed by atoms with Gasteiger partial charge in [-0.15, -0.1) is 16.4 Å². The van der Waals surface area contributed by atoms with E-state index >= 15 is 0 Å². The van der Waals surface area contributed by atoms with Crippen LogP contribution >= 0.6 is 23.1 Å². The van der Waals surface area contributed by atoms with E-state index in [0.717, 1.165) is 5.56 Å². The van der Waals surface area contributed by atoms with E-state index < -0.39 is 5.91 Å². The molecule has 3 aromatic rings. The lowest BCUT2D eigenvalue weighted by Gasteiger charge is -2.09. The highest BCUT2D eigenvalue weighted by Gasteiger charge is 2.18. The lowest BCUT2D eigenvalue weighted by atomic mass is 10.2. The van der Waals surface area contributed by atoms with Crippen LogP contribution in [0.5, 0.6) is 0 Å². The molecule has 0 saturated heterocycles. The Balaban J connectivity index is 1.70. The van der Waals surface area contributed by atoms with Crippen LogP contribution in [0, 0.1) is 0 Å². The maximum absolute atomic E-state index is 12.5. The fourth-order valence-corrected chi connectivity index (χ4v) is 4.38. The summed E-state index contributed by atoms with van der Waals surface area (Å²) in [7, 11) is 0. The highest BCUT2D eigenvalue weighted by atomic mass is 32.2. The zero-order chi connectivity index (χ0) is 21.0. The number of hydrogen-bond acceptors (Lipinski definition) is 7. The van der Waals surface area contributed by atoms with Crippen LogP contribution in [0.15, 0.2) is 40.1 Å². The minimum atomic E-state index is -0.397. The average molecular weight is 431 g/mol. The molecule has 2 heterocycles. The number of amides is 2. The number of nitrogens with one attached hydrogen (secondary N) is 1. The fraction of sp³-hybridized carbons (Fsp3) is 0.316. The van der Waals surface area contributed by atoms with Crippen LogP contribution in [0.3, 0.4) is 0 Å². The fourth-order valence-electron chi connectivity index (χ4n) is 2.44. The molecular formula is C19H22N6O2S2. The molecule has 29 heavy (non-hydrogen) atoms. The van der Waals surface area contributed by atoms with Crippen LogP contribution in [0.2, 0.25) is 0 Å². The maximum atomic E-state index is 12.5. The average Bonchev–Trinajstić information content (AvgIpc) is 3.29. The Morgan fingerprint density at radius 2 is 1.93 bits per heavy atom. The third-order valence-corrected chi connectivity index (χ3v) is 6.09. The molecule has 10 heteroatoms. The highest BCUT2D eigenvalue weighted by molar-refractivity contribution is 8.02. The van der Waals surface area contributed by atoms with Gasteiger partial charge in [0.25, 0.3) is 0 Å². The Hall–Kier alpha value is -2.72. The summed E-state index contributed by atoms with van der Waals surface area (Å²) in [5.41, 5.74) is 6.79. The van der Waals surface area contributed by atoms with Crippen molar-refractivity contribution in [2.24, 2.45) is 5.73 Å². The molecule has 2 amide bonds. The summed E-state index contributed by atoms with van der Waals surface area (Å²) in [5.74, 6) is 0.328. The van der Waals surface area contributed by atoms with Crippen molar-refractivity contribution in [2.45, 2.75) is 42.8 Å². The lowest BCUT2D eigenvalue weighted by Crippen LogP contribution is -2.22. The van der Waals surface area contributed by atoms with E-state index in [9.17, 15) is 9.59 Å². The highest BCUT2D eigenvalue weighted by Crippen LogP contribution is 2.27. The van der Waals surface area contributed by atoms with Crippen molar-refractivity contribution >= 4 is 40.9 Å². The molecule has 1 atom stereocenters. The molecule has 0 spiro atoms. The molecule has 0 bridgehead atoms. The SMILES string of the molecule is CC(Sc1nc(CC(=O)Nc2nc(-c3ccccc3)nn2C(C)C)cs1)C(N)=O. The Morgan fingerprint density at radius 1 is 1.21 bits per heavy atom. The van der Waals surface area contributed by atoms with Crippen molar-refractivity contribution in [1.82, 2.24) is 19.7 Å². The van der Waals surface area contributed by atoms with Gasteiger partial charge in [-0.05, 0) is 20.8 Å². The number of nitrogens with two attached hydrogens (primary N) is 1. The molecule has 0 aliphatic heterocycles. The van der Waals surface area contributed by atoms with E-state index in [-0.39, 0.29) is 23.6 Å². The van der Waals surface area contributed by atoms with Crippen LogP contribution in [-0.2, 0) is 16.0 Å². The van der Waals surface area contributed by atoms with Crippen molar-refractivity contribution in [3.63, 3.8) is 0 Å². The molecule has 1 aromatic carbocycles. The first-order chi connectivity index (χ1) is 13.8. The van der Waals surface area contributed by atoms with Gasteiger partial charge in [-0.2, -0.15) is 4.98 Å². The first-order valence-corrected chi connectivity index (χ1v) is 10.8. The van der Waals surface area contributed by atoms with Gasteiger partial charge in [0.2, 0.25) is 17.8 Å². The van der Waals surface area contributed by atoms with E-state index in [1.54, 1.807) is 17.0 Å². The molecule has 1 unspecified atom stereocenters. The Bertz CT molecular complexity index is 999. The molecule has 0 radical (unpaired) electrons. The quantitative estimate of drug-likeness (QED) is 0.531. The molecule has 3 N–H and O–H groups in total. The van der Waals surface area contributed by atoms with Gasteiger partial charge >= 0.3 is 0 Å². The van der Waals surface area contributed by atoms with Gasteiger partial charge in [0.1, 0.15) is 0 Å². The van der Waals surface area contributed by atoms with Crippen molar-refractivity contribution in [3.8, 4) is 11.4 Å². The van der Waals surface area contributed by atoms with E-state index in [2.05, 4.69) is 20.4 Å². The monoisotopic (exact) mass is 430 g/mol. The van der Waals surface area contributed by atoms with Gasteiger partial charge < -0.3 is 5.73 Å². The summed E-state index contributed by atoms with van der Waals surface area (Å²) in [5, 5.41) is 8.79. The van der Waals surface area contributed by atoms with Gasteiger partial charge in [-0.3, -0.25) is 14.9 Å². The number of hydrogen-bond donors (Lipinski definition) is 2. The van der Waals surface area contributed by atoms with E-state index in [0.29, 0.717) is 21.8 Å². The Labute approximate surface area is 176 Å². The third-order valence-electron chi connectivity index (χ3n) is 3.95. The number of benzene rings is 1. The summed E-state index contributed by atoms with van der Waals surface area (Å²) < 4.78 is 2.40. The molecule has 2 aromatic heterocycles. The summed E-state index contributed by atoms with van der Waals surface area (Å²) in [6.45, 7) is 5.68. The van der Waals surface area contributed by atoms with Crippen molar-refractivity contribution in [3.05, 3.63) is 41.4 Å². The topological polar surface area (TPSA) is 116 Å². The number of primary amides is 1. The summed E-state index contributed by atoms with van der Waals surface area (Å²) in [6, 6.07) is 9.64. The van der Waals surface area contributed by atoms with E-state index in [4.69, 9.17) is 5.73 Å². The van der Waals surface area contributed by atoms with E-state index in [1.165, 1.54) is 23.1 Å². The zero-order valence-corrected chi connectivity index (χ0v) is 18.0. The van der Waals surface area contributed by atoms with Gasteiger partial charge in [0, 0.05) is 10.9 Å². The maximum Gasteiger partial charge on any atom is 0.232 e. The molecule has 0 fully saturated rings. The zero-order valence-electron chi connectivity index (χ0n) is 16.3. The van der Waals surface area contributed by atoms with Crippen molar-refractivity contribution in [1.29, 1.82) is 0 Å². The van der Waals surface area contributed by atoms with Crippen LogP contribution in [-0.4, -0.2) is 36.8 Å². The predicted octanol–water partition coefficient (Wildman–Crippen LogP) is 3.13. The van der Waals surface area contributed by atoms with Crippen molar-refractivity contribution in [2.75, 3.05) is 5.32 Å². The Morgan fingerprint density at radius 3 is 2.59 bits per heavy atom. The summed E-state index contributed by atoms with van der Waals surface area (Å²) >= 11 is 2.67. The number of carbonyl (C=O) groups is 2. The summed E-state index contributed by atoms with van der Waals surface area (Å²) in [4.78, 5) is 32.6. The molecule has 0 aliphatic carbocycles. The van der Waals surface area contributed by atoms with Gasteiger partial charge in [-0.25, -0.2) is 9.67 Å². The van der Waals surface area contributed by atoms with Gasteiger partial charge in [0.05, 0.1) is 23.4 Å². The number of thioether (sulfide) groups is 1. The second-order valence-electron chi connectivity index (χ2n) is 6.66. The first kappa shape index (κ1) is 21.0. The standard InChI is InChI=1S/C19H22N6O2S2/c1-11(2)25-18(23-17(24-25)13-7-5-4-6-8-13)22-15(26)9-14-10-28-19(21-14)29-12(3)16(20)27/h4-8,10-12H,9H2,1-3H3,(H2,20,27)(H,22,23,24,26). The van der Waals surface area contributed by atoms with Gasteiger partial charge in [0.15, 0.2) is 10.2 Å². The third kappa shape index (κ3) is 5.42. The van der Waals surface area contributed by atoms with Crippen LogP contribution in [0.25, 0.3) is 11.4 Å². The predicted molar refractivity (Wildman–Crippen MR) is 115 cm³/mol. The number of aromatic nitrogens is 4. The van der Waals surface area contributed by atoms with Gasteiger partial charge in [-0.1, -0.05) is 42.1 Å². The molecule has 0 saturated carbocycles. The van der Waals surface area contributed by atoms with Crippen LogP contribution < -0.4 is 11.1 Å². The molecule has 152 valence electrons. The number of carbonyl (C=O) groups excluding carboxylic acids is 2. The summed E-state index contributed by atoms with van der Waals surface area (Å²) in [6.07, 6.45) is 0.105. The largest absolute Gasteiger partial charge is 0.369 e. The lowest BCUT2D eigenvalue weighted by molar-refractivity contribution is -0.117. The molecule has 3 rings (SSSR count). The van der Waals surface area contributed by atoms with Crippen LogP contribution in [0.4, 0.5) is 5.95 Å². The molecule has 0 aliphatic rings. The van der Waals surface area contributed by atoms with E-state index in [1.807, 2.05) is 44.2 Å². The molecule has 8 nitrogen and oxygen atoms in total. The second-order valence-corrected chi connectivity index (χ2v) is 9.10. The Kier molecular flexibility index (Phi) is 6.65. The number of nitrogens with zero attached hydrogens (tertiary/aromatic N) is 4. The number of rotatable bonds is 8. The minimum Gasteiger partial charge on any atom is -0.369 e. The smallest absolute Gasteiger partial charge is 0.232 e. The van der Waals surface area contributed by atoms with Crippen LogP contribution in [0.1, 0.15) is 32.5 Å². The normalized spacial score (nSPS) is 12.1. The van der Waals surface area contributed by atoms with Crippen molar-refractivity contribution < 1.29 is 9.59 Å². The number of anilines is 1. The number of thiazole rings is 1. The first-order valence-electron chi connectivity index (χ1n) is 9.05. The second kappa shape index (κ2) is 9.19.